The van der Waals surface area contributed by atoms with E-state index in [0.717, 1.165) is 11.1 Å². The Kier molecular flexibility index (Phi) is 7.40. The van der Waals surface area contributed by atoms with Crippen LogP contribution >= 0.6 is 0 Å². The molecule has 2 atom stereocenters. The number of methoxy groups -OCH3 is 2. The second-order valence-corrected chi connectivity index (χ2v) is 7.96. The van der Waals surface area contributed by atoms with Gasteiger partial charge in [0.1, 0.15) is 17.6 Å². The first-order chi connectivity index (χ1) is 17.0. The first kappa shape index (κ1) is 23.9. The fraction of sp³-hybridized carbons (Fsp3) is 0.259. The highest BCUT2D eigenvalue weighted by Crippen LogP contribution is 2.33. The van der Waals surface area contributed by atoms with Gasteiger partial charge < -0.3 is 29.0 Å². The van der Waals surface area contributed by atoms with Gasteiger partial charge in [-0.25, -0.2) is 4.79 Å². The number of benzene rings is 3. The zero-order valence-corrected chi connectivity index (χ0v) is 19.7. The van der Waals surface area contributed by atoms with Crippen LogP contribution in [0.3, 0.4) is 0 Å². The zero-order chi connectivity index (χ0) is 24.8. The second-order valence-electron chi connectivity index (χ2n) is 7.96. The van der Waals surface area contributed by atoms with Gasteiger partial charge in [-0.05, 0) is 54.4 Å². The Bertz CT molecular complexity index is 1110. The first-order valence-electron chi connectivity index (χ1n) is 11.1. The Morgan fingerprint density at radius 1 is 0.829 bits per heavy atom. The standard InChI is InChI=1S/C27H27NO7/c1-17-26(35-23-7-5-4-6-22(23)34-17)27(30)33-16-24(29)28-25(18-8-12-20(31-2)13-9-18)19-10-14-21(32-3)15-11-19/h4-15,17,25-26H,16H2,1-3H3,(H,28,29). The zero-order valence-electron chi connectivity index (χ0n) is 19.7. The molecular formula is C27H27NO7. The van der Waals surface area contributed by atoms with Crippen molar-refractivity contribution in [2.45, 2.75) is 25.2 Å². The minimum Gasteiger partial charge on any atom is -0.497 e. The maximum atomic E-state index is 12.8. The second kappa shape index (κ2) is 10.8. The van der Waals surface area contributed by atoms with E-state index in [1.54, 1.807) is 39.3 Å². The van der Waals surface area contributed by atoms with Crippen LogP contribution in [0.15, 0.2) is 72.8 Å². The largest absolute Gasteiger partial charge is 0.497 e. The highest BCUT2D eigenvalue weighted by molar-refractivity contribution is 5.83. The van der Waals surface area contributed by atoms with Gasteiger partial charge in [0.25, 0.3) is 5.91 Å². The van der Waals surface area contributed by atoms with Crippen molar-refractivity contribution in [3.05, 3.63) is 83.9 Å². The van der Waals surface area contributed by atoms with Crippen LogP contribution in [-0.2, 0) is 14.3 Å². The number of para-hydroxylation sites is 2. The van der Waals surface area contributed by atoms with E-state index < -0.39 is 36.7 Å². The van der Waals surface area contributed by atoms with Crippen LogP contribution in [0.4, 0.5) is 0 Å². The van der Waals surface area contributed by atoms with Crippen LogP contribution in [0, 0.1) is 0 Å². The molecule has 8 heteroatoms. The quantitative estimate of drug-likeness (QED) is 0.495. The van der Waals surface area contributed by atoms with Gasteiger partial charge in [0.05, 0.1) is 20.3 Å². The number of hydrogen-bond acceptors (Lipinski definition) is 7. The molecule has 0 radical (unpaired) electrons. The third-order valence-corrected chi connectivity index (χ3v) is 5.62. The molecule has 0 spiro atoms. The summed E-state index contributed by atoms with van der Waals surface area (Å²) in [5, 5.41) is 2.94. The predicted molar refractivity (Wildman–Crippen MR) is 128 cm³/mol. The Hall–Kier alpha value is -4.20. The van der Waals surface area contributed by atoms with E-state index >= 15 is 0 Å². The van der Waals surface area contributed by atoms with Gasteiger partial charge in [0.2, 0.25) is 6.10 Å². The molecule has 8 nitrogen and oxygen atoms in total. The molecule has 1 aliphatic rings. The molecule has 182 valence electrons. The van der Waals surface area contributed by atoms with Gasteiger partial charge in [0, 0.05) is 0 Å². The molecule has 3 aromatic rings. The molecule has 0 fully saturated rings. The van der Waals surface area contributed by atoms with Crippen molar-refractivity contribution in [3.63, 3.8) is 0 Å². The average molecular weight is 478 g/mol. The minimum absolute atomic E-state index is 0.455. The number of hydrogen-bond donors (Lipinski definition) is 1. The Balaban J connectivity index is 1.43. The van der Waals surface area contributed by atoms with Crippen LogP contribution in [0.25, 0.3) is 0 Å². The molecule has 1 aliphatic heterocycles. The number of esters is 1. The third kappa shape index (κ3) is 5.66. The maximum Gasteiger partial charge on any atom is 0.351 e. The molecular weight excluding hydrogens is 450 g/mol. The maximum absolute atomic E-state index is 12.8. The smallest absolute Gasteiger partial charge is 0.351 e. The summed E-state index contributed by atoms with van der Waals surface area (Å²) >= 11 is 0. The molecule has 0 bridgehead atoms. The number of nitrogens with one attached hydrogen (secondary N) is 1. The van der Waals surface area contributed by atoms with Crippen LogP contribution in [-0.4, -0.2) is 44.9 Å². The van der Waals surface area contributed by atoms with Gasteiger partial charge in [-0.15, -0.1) is 0 Å². The molecule has 0 aromatic heterocycles. The normalized spacial score (nSPS) is 16.3. The third-order valence-electron chi connectivity index (χ3n) is 5.62. The van der Waals surface area contributed by atoms with E-state index in [4.69, 9.17) is 23.7 Å². The molecule has 1 amide bonds. The van der Waals surface area contributed by atoms with Gasteiger partial charge in [-0.1, -0.05) is 36.4 Å². The Labute approximate surface area is 203 Å². The fourth-order valence-electron chi connectivity index (χ4n) is 3.75. The van der Waals surface area contributed by atoms with E-state index in [1.165, 1.54) is 0 Å². The summed E-state index contributed by atoms with van der Waals surface area (Å²) < 4.78 is 27.2. The summed E-state index contributed by atoms with van der Waals surface area (Å²) in [7, 11) is 3.18. The number of carbonyl (C=O) groups excluding carboxylic acids is 2. The number of rotatable bonds is 8. The number of fused-ring (bicyclic) bond motifs is 1. The summed E-state index contributed by atoms with van der Waals surface area (Å²) in [6.07, 6.45) is -1.54. The van der Waals surface area contributed by atoms with Crippen LogP contribution < -0.4 is 24.3 Å². The van der Waals surface area contributed by atoms with Crippen molar-refractivity contribution >= 4 is 11.9 Å². The van der Waals surface area contributed by atoms with Crippen LogP contribution in [0.2, 0.25) is 0 Å². The highest BCUT2D eigenvalue weighted by Gasteiger charge is 2.35. The monoisotopic (exact) mass is 477 g/mol. The lowest BCUT2D eigenvalue weighted by molar-refractivity contribution is -0.160. The average Bonchev–Trinajstić information content (AvgIpc) is 2.90. The molecule has 0 aliphatic carbocycles. The SMILES string of the molecule is COc1ccc(C(NC(=O)COC(=O)C2Oc3ccccc3OC2C)c2ccc(OC)cc2)cc1. The highest BCUT2D eigenvalue weighted by atomic mass is 16.6. The van der Waals surface area contributed by atoms with Crippen molar-refractivity contribution in [2.24, 2.45) is 0 Å². The van der Waals surface area contributed by atoms with Crippen LogP contribution in [0.1, 0.15) is 24.1 Å². The van der Waals surface area contributed by atoms with E-state index in [1.807, 2.05) is 54.6 Å². The number of ether oxygens (including phenoxy) is 5. The van der Waals surface area contributed by atoms with Gasteiger partial charge >= 0.3 is 5.97 Å². The molecule has 35 heavy (non-hydrogen) atoms. The molecule has 1 N–H and O–H groups in total. The van der Waals surface area contributed by atoms with Crippen molar-refractivity contribution in [1.82, 2.24) is 5.32 Å². The van der Waals surface area contributed by atoms with Crippen molar-refractivity contribution in [1.29, 1.82) is 0 Å². The van der Waals surface area contributed by atoms with Crippen molar-refractivity contribution in [3.8, 4) is 23.0 Å². The van der Waals surface area contributed by atoms with Crippen molar-refractivity contribution < 1.29 is 33.3 Å². The lowest BCUT2D eigenvalue weighted by Gasteiger charge is -2.30. The number of amides is 1. The Morgan fingerprint density at radius 2 is 1.34 bits per heavy atom. The Morgan fingerprint density at radius 3 is 1.86 bits per heavy atom. The van der Waals surface area contributed by atoms with Gasteiger partial charge in [-0.2, -0.15) is 0 Å². The molecule has 3 aromatic carbocycles. The topological polar surface area (TPSA) is 92.3 Å². The van der Waals surface area contributed by atoms with Gasteiger partial charge in [0.15, 0.2) is 18.1 Å². The molecule has 0 saturated carbocycles. The summed E-state index contributed by atoms with van der Waals surface area (Å²) in [6.45, 7) is 1.25. The van der Waals surface area contributed by atoms with E-state index in [-0.39, 0.29) is 0 Å². The summed E-state index contributed by atoms with van der Waals surface area (Å²) in [4.78, 5) is 25.5. The molecule has 0 saturated heterocycles. The van der Waals surface area contributed by atoms with Gasteiger partial charge in [-0.3, -0.25) is 4.79 Å². The van der Waals surface area contributed by atoms with E-state index in [9.17, 15) is 9.59 Å². The number of carbonyl (C=O) groups is 2. The lowest BCUT2D eigenvalue weighted by atomic mass is 9.98. The van der Waals surface area contributed by atoms with Crippen LogP contribution in [0.5, 0.6) is 23.0 Å². The fourth-order valence-corrected chi connectivity index (χ4v) is 3.75. The molecule has 2 unspecified atom stereocenters. The van der Waals surface area contributed by atoms with E-state index in [2.05, 4.69) is 5.32 Å². The summed E-state index contributed by atoms with van der Waals surface area (Å²) in [5.74, 6) is 1.29. The predicted octanol–water partition coefficient (Wildman–Crippen LogP) is 3.68. The minimum atomic E-state index is -0.975. The molecule has 1 heterocycles. The summed E-state index contributed by atoms with van der Waals surface area (Å²) in [6, 6.07) is 21.3. The first-order valence-corrected chi connectivity index (χ1v) is 11.1. The van der Waals surface area contributed by atoms with Crippen molar-refractivity contribution in [2.75, 3.05) is 20.8 Å². The lowest BCUT2D eigenvalue weighted by Crippen LogP contribution is -2.45. The molecule has 4 rings (SSSR count). The van der Waals surface area contributed by atoms with E-state index in [0.29, 0.717) is 23.0 Å². The summed E-state index contributed by atoms with van der Waals surface area (Å²) in [5.41, 5.74) is 1.68.